The van der Waals surface area contributed by atoms with Gasteiger partial charge >= 0.3 is 0 Å². The molecule has 0 N–H and O–H groups in total. The van der Waals surface area contributed by atoms with Crippen molar-refractivity contribution in [3.05, 3.63) is 308 Å². The summed E-state index contributed by atoms with van der Waals surface area (Å²) in [7, 11) is 0. The van der Waals surface area contributed by atoms with Gasteiger partial charge in [-0.1, -0.05) is 218 Å². The van der Waals surface area contributed by atoms with Crippen molar-refractivity contribution >= 4 is 92.9 Å². The Labute approximate surface area is 490 Å². The second-order valence-electron chi connectivity index (χ2n) is 22.3. The van der Waals surface area contributed by atoms with E-state index in [0.717, 1.165) is 160 Å². The summed E-state index contributed by atoms with van der Waals surface area (Å²) >= 11 is 0. The maximum Gasteiger partial charge on any atom is 0.238 e. The van der Waals surface area contributed by atoms with E-state index in [4.69, 9.17) is 4.85 Å². The van der Waals surface area contributed by atoms with Crippen LogP contribution in [-0.4, -0.2) is 18.3 Å². The Morgan fingerprint density at radius 1 is 0.224 bits per heavy atom. The SMILES string of the molecule is [C-]#[N+]c1c(-n2c3ccccc3c3ccccc32)c(-n2c3ccc(-c4ccccc4)cc3c3cc(-c4ccccc4)ccc32)c(C)c(-n2c3ccc(-c4ccccc4)cc3c3cc(-c4ccccc4)ccc32)c1-n1c2ccccc2c2ccccc21. The van der Waals surface area contributed by atoms with E-state index in [1.54, 1.807) is 0 Å². The van der Waals surface area contributed by atoms with E-state index >= 15 is 0 Å². The van der Waals surface area contributed by atoms with Gasteiger partial charge in [0.1, 0.15) is 0 Å². The number of aromatic nitrogens is 4. The average molecular weight is 1080 g/mol. The van der Waals surface area contributed by atoms with Crippen LogP contribution in [0.5, 0.6) is 0 Å². The fourth-order valence-electron chi connectivity index (χ4n) is 14.0. The predicted octanol–water partition coefficient (Wildman–Crippen LogP) is 21.6. The third-order valence-corrected chi connectivity index (χ3v) is 17.7. The molecule has 0 saturated carbocycles. The lowest BCUT2D eigenvalue weighted by Crippen LogP contribution is -2.14. The van der Waals surface area contributed by atoms with Crippen LogP contribution in [0.4, 0.5) is 5.69 Å². The van der Waals surface area contributed by atoms with Gasteiger partial charge in [0.2, 0.25) is 5.69 Å². The van der Waals surface area contributed by atoms with E-state index in [9.17, 15) is 6.57 Å². The number of fused-ring (bicyclic) bond motifs is 12. The maximum atomic E-state index is 10.1. The minimum atomic E-state index is 0.530. The van der Waals surface area contributed by atoms with Gasteiger partial charge in [-0.05, 0) is 130 Å². The Morgan fingerprint density at radius 3 is 0.706 bits per heavy atom. The van der Waals surface area contributed by atoms with E-state index < -0.39 is 0 Å². The largest absolute Gasteiger partial charge is 0.317 e. The number of rotatable bonds is 8. The third kappa shape index (κ3) is 7.29. The Balaban J connectivity index is 1.11. The number of hydrogen-bond acceptors (Lipinski definition) is 0. The van der Waals surface area contributed by atoms with Crippen LogP contribution in [0.2, 0.25) is 0 Å². The second-order valence-corrected chi connectivity index (χ2v) is 22.3. The van der Waals surface area contributed by atoms with Gasteiger partial charge in [0, 0.05) is 43.1 Å². The van der Waals surface area contributed by atoms with Crippen LogP contribution in [0.25, 0.3) is 159 Å². The molecular weight excluding hydrogens is 1030 g/mol. The van der Waals surface area contributed by atoms with Gasteiger partial charge < -0.3 is 18.3 Å². The molecule has 17 rings (SSSR count). The van der Waals surface area contributed by atoms with Gasteiger partial charge in [0.25, 0.3) is 0 Å². The average Bonchev–Trinajstić information content (AvgIpc) is 1.68. The maximum absolute atomic E-state index is 10.1. The summed E-state index contributed by atoms with van der Waals surface area (Å²) in [5.41, 5.74) is 22.4. The molecule has 5 heteroatoms. The van der Waals surface area contributed by atoms with Crippen LogP contribution in [0.15, 0.2) is 291 Å². The molecule has 17 aromatic rings. The molecule has 4 heterocycles. The van der Waals surface area contributed by atoms with Crippen molar-refractivity contribution in [2.45, 2.75) is 6.92 Å². The molecular formula is C80H51N5. The van der Waals surface area contributed by atoms with Crippen molar-refractivity contribution < 1.29 is 0 Å². The van der Waals surface area contributed by atoms with Crippen molar-refractivity contribution in [1.29, 1.82) is 0 Å². The first-order valence-corrected chi connectivity index (χ1v) is 29.0. The summed E-state index contributed by atoms with van der Waals surface area (Å²) in [4.78, 5) is 5.01. The van der Waals surface area contributed by atoms with Crippen LogP contribution in [0.1, 0.15) is 5.56 Å². The van der Waals surface area contributed by atoms with Gasteiger partial charge in [0.05, 0.1) is 73.5 Å². The molecule has 0 aliphatic carbocycles. The summed E-state index contributed by atoms with van der Waals surface area (Å²) in [6.45, 7) is 12.4. The third-order valence-electron chi connectivity index (χ3n) is 17.7. The van der Waals surface area contributed by atoms with Crippen molar-refractivity contribution in [2.75, 3.05) is 0 Å². The summed E-state index contributed by atoms with van der Waals surface area (Å²) in [5.74, 6) is 0. The molecule has 4 aromatic heterocycles. The van der Waals surface area contributed by atoms with Crippen LogP contribution >= 0.6 is 0 Å². The van der Waals surface area contributed by atoms with Crippen LogP contribution < -0.4 is 0 Å². The molecule has 0 bridgehead atoms. The summed E-state index contributed by atoms with van der Waals surface area (Å²) in [6, 6.07) is 105. The van der Waals surface area contributed by atoms with E-state index in [1.807, 2.05) is 0 Å². The smallest absolute Gasteiger partial charge is 0.238 e. The zero-order valence-electron chi connectivity index (χ0n) is 46.4. The van der Waals surface area contributed by atoms with E-state index in [-0.39, 0.29) is 0 Å². The number of hydrogen-bond donors (Lipinski definition) is 0. The van der Waals surface area contributed by atoms with Gasteiger partial charge in [-0.2, -0.15) is 0 Å². The van der Waals surface area contributed by atoms with Crippen molar-refractivity contribution in [2.24, 2.45) is 0 Å². The van der Waals surface area contributed by atoms with E-state index in [2.05, 4.69) is 316 Å². The van der Waals surface area contributed by atoms with E-state index in [1.165, 1.54) is 0 Å². The lowest BCUT2D eigenvalue weighted by atomic mass is 10.0. The molecule has 0 atom stereocenters. The molecule has 0 amide bonds. The first-order chi connectivity index (χ1) is 42.1. The Hall–Kier alpha value is -11.5. The zero-order valence-corrected chi connectivity index (χ0v) is 46.4. The molecule has 5 nitrogen and oxygen atoms in total. The Bertz CT molecular complexity index is 4960. The second kappa shape index (κ2) is 19.1. The minimum Gasteiger partial charge on any atom is -0.317 e. The highest BCUT2D eigenvalue weighted by atomic mass is 15.1. The zero-order chi connectivity index (χ0) is 56.3. The molecule has 85 heavy (non-hydrogen) atoms. The number of nitrogens with zero attached hydrogens (tertiary/aromatic N) is 5. The quantitative estimate of drug-likeness (QED) is 0.135. The van der Waals surface area contributed by atoms with Gasteiger partial charge in [0.15, 0.2) is 0 Å². The predicted molar refractivity (Wildman–Crippen MR) is 357 cm³/mol. The molecule has 13 aromatic carbocycles. The molecule has 0 spiro atoms. The Morgan fingerprint density at radius 2 is 0.447 bits per heavy atom. The molecule has 396 valence electrons. The first-order valence-electron chi connectivity index (χ1n) is 29.0. The van der Waals surface area contributed by atoms with Gasteiger partial charge in [-0.25, -0.2) is 4.85 Å². The minimum absolute atomic E-state index is 0.530. The summed E-state index contributed by atoms with van der Waals surface area (Å²) in [6.07, 6.45) is 0. The summed E-state index contributed by atoms with van der Waals surface area (Å²) < 4.78 is 9.79. The molecule has 0 radical (unpaired) electrons. The topological polar surface area (TPSA) is 24.1 Å². The lowest BCUT2D eigenvalue weighted by Gasteiger charge is -2.28. The highest BCUT2D eigenvalue weighted by molar-refractivity contribution is 6.18. The highest BCUT2D eigenvalue weighted by Gasteiger charge is 2.33. The van der Waals surface area contributed by atoms with Crippen molar-refractivity contribution in [1.82, 2.24) is 18.3 Å². The van der Waals surface area contributed by atoms with Gasteiger partial charge in [-0.3, -0.25) is 0 Å². The summed E-state index contributed by atoms with van der Waals surface area (Å²) in [5, 5.41) is 8.97. The fraction of sp³-hybridized carbons (Fsp3) is 0.0125. The number of benzene rings is 13. The van der Waals surface area contributed by atoms with E-state index in [0.29, 0.717) is 5.69 Å². The molecule has 0 aliphatic heterocycles. The van der Waals surface area contributed by atoms with Crippen molar-refractivity contribution in [3.63, 3.8) is 0 Å². The van der Waals surface area contributed by atoms with Crippen molar-refractivity contribution in [3.8, 4) is 67.3 Å². The molecule has 0 aliphatic rings. The monoisotopic (exact) mass is 1080 g/mol. The molecule has 0 unspecified atom stereocenters. The van der Waals surface area contributed by atoms with Crippen LogP contribution in [-0.2, 0) is 0 Å². The number of para-hydroxylation sites is 4. The highest BCUT2D eigenvalue weighted by Crippen LogP contribution is 2.52. The van der Waals surface area contributed by atoms with Crippen LogP contribution in [0.3, 0.4) is 0 Å². The normalized spacial score (nSPS) is 11.8. The molecule has 0 fully saturated rings. The van der Waals surface area contributed by atoms with Gasteiger partial charge in [-0.15, -0.1) is 0 Å². The van der Waals surface area contributed by atoms with Crippen LogP contribution in [0, 0.1) is 13.5 Å². The Kier molecular flexibility index (Phi) is 10.8. The lowest BCUT2D eigenvalue weighted by molar-refractivity contribution is 1.03. The standard InChI is InChI=1S/C80H51N5/c1-51-77(82-72-43-39-56(52-23-7-3-8-24-52)47-64(72)65-48-57(40-44-73(65)82)53-25-9-4-10-26-53)79(84-68-35-19-15-31-60(68)61-32-16-20-36-69(61)84)76(81-2)80(85-70-37-21-17-33-62(70)63-34-18-22-38-71(63)85)78(51)83-74-45-41-58(54-27-11-5-12-28-54)49-66(74)67-50-59(42-46-75(67)83)55-29-13-6-14-30-55/h3-50H,1H3. The molecule has 0 saturated heterocycles. The first kappa shape index (κ1) is 48.3. The fourth-order valence-corrected chi connectivity index (χ4v) is 14.0.